The number of terminal acetylenes is 1. The van der Waals surface area contributed by atoms with E-state index in [1.807, 2.05) is 0 Å². The number of alkyl halides is 4. The minimum atomic E-state index is -3.24. The van der Waals surface area contributed by atoms with Crippen LogP contribution in [-0.2, 0) is 11.2 Å². The number of carbonyl (C=O) groups excluding carboxylic acids is 3. The first-order valence-electron chi connectivity index (χ1n) is 11.0. The van der Waals surface area contributed by atoms with Gasteiger partial charge in [-0.3, -0.25) is 14.6 Å². The topological polar surface area (TPSA) is 90.3 Å². The largest absolute Gasteiger partial charge is 0.419 e. The number of fused-ring (bicyclic) bond motifs is 3. The highest BCUT2D eigenvalue weighted by atomic mass is 19.3. The van der Waals surface area contributed by atoms with E-state index in [1.165, 1.54) is 6.92 Å². The van der Waals surface area contributed by atoms with Crippen LogP contribution in [0.4, 0.5) is 22.0 Å². The summed E-state index contributed by atoms with van der Waals surface area (Å²) >= 11 is 0. The third kappa shape index (κ3) is 3.65. The van der Waals surface area contributed by atoms with E-state index in [1.54, 1.807) is 4.57 Å². The molecule has 2 aromatic heterocycles. The molecular formula is C24H18F5N3O4. The molecule has 1 N–H and O–H groups in total. The molecule has 2 aromatic rings. The molecule has 1 amide bonds. The SMILES string of the molecule is C#CC1(NC(=O)C(=O)c2c(C)c(C(=O)Oc3ccnc(C(F)F)c3F)n3c2C[C@H]2C[C@H]23)CC(F)(F)C1. The Bertz CT molecular complexity index is 1370. The summed E-state index contributed by atoms with van der Waals surface area (Å²) in [6.07, 6.45) is 2.43. The first-order valence-corrected chi connectivity index (χ1v) is 11.0. The monoisotopic (exact) mass is 507 g/mol. The predicted octanol–water partition coefficient (Wildman–Crippen LogP) is 3.70. The van der Waals surface area contributed by atoms with E-state index in [0.717, 1.165) is 12.3 Å². The fourth-order valence-corrected chi connectivity index (χ4v) is 5.17. The molecule has 3 aliphatic rings. The molecule has 0 radical (unpaired) electrons. The number of aromatic nitrogens is 2. The lowest BCUT2D eigenvalue weighted by Crippen LogP contribution is -2.62. The predicted molar refractivity (Wildman–Crippen MR) is 112 cm³/mol. The molecule has 188 valence electrons. The van der Waals surface area contributed by atoms with E-state index in [-0.39, 0.29) is 28.8 Å². The molecule has 0 unspecified atom stereocenters. The highest BCUT2D eigenvalue weighted by molar-refractivity contribution is 6.44. The van der Waals surface area contributed by atoms with Crippen LogP contribution in [0.15, 0.2) is 12.3 Å². The second kappa shape index (κ2) is 7.88. The number of Topliss-reactive ketones (excluding diaryl/α,β-unsaturated/α-hetero) is 1. The number of hydrogen-bond acceptors (Lipinski definition) is 5. The molecule has 2 atom stereocenters. The van der Waals surface area contributed by atoms with Gasteiger partial charge in [-0.15, -0.1) is 6.42 Å². The van der Waals surface area contributed by atoms with Crippen LogP contribution < -0.4 is 10.1 Å². The summed E-state index contributed by atoms with van der Waals surface area (Å²) in [6.45, 7) is 1.39. The van der Waals surface area contributed by atoms with Gasteiger partial charge in [0.25, 0.3) is 24.0 Å². The molecule has 2 saturated carbocycles. The van der Waals surface area contributed by atoms with Crippen LogP contribution in [0.1, 0.15) is 69.5 Å². The van der Waals surface area contributed by atoms with Gasteiger partial charge in [-0.1, -0.05) is 5.92 Å². The highest BCUT2D eigenvalue weighted by Gasteiger charge is 2.57. The summed E-state index contributed by atoms with van der Waals surface area (Å²) in [4.78, 5) is 42.2. The van der Waals surface area contributed by atoms with Gasteiger partial charge < -0.3 is 14.6 Å². The van der Waals surface area contributed by atoms with Crippen LogP contribution in [0.25, 0.3) is 0 Å². The molecule has 1 aliphatic heterocycles. The average molecular weight is 507 g/mol. The van der Waals surface area contributed by atoms with Gasteiger partial charge in [0.2, 0.25) is 0 Å². The van der Waals surface area contributed by atoms with Crippen LogP contribution in [0.2, 0.25) is 0 Å². The zero-order chi connectivity index (χ0) is 26.2. The van der Waals surface area contributed by atoms with Crippen LogP contribution in [0.5, 0.6) is 5.75 Å². The summed E-state index contributed by atoms with van der Waals surface area (Å²) in [5.41, 5.74) is -2.60. The van der Waals surface area contributed by atoms with Crippen LogP contribution >= 0.6 is 0 Å². The minimum absolute atomic E-state index is 0.0674. The van der Waals surface area contributed by atoms with Crippen molar-refractivity contribution in [2.24, 2.45) is 5.92 Å². The van der Waals surface area contributed by atoms with Gasteiger partial charge in [-0.2, -0.15) is 0 Å². The Morgan fingerprint density at radius 2 is 2.00 bits per heavy atom. The second-order valence-corrected chi connectivity index (χ2v) is 9.35. The standard InChI is InChI=1S/C24H18F5N3O4/c1-3-23(8-24(28,29)9-23)31-21(34)19(33)15-10(2)18(32-12-6-11(12)7-13(15)32)22(35)36-14-4-5-30-17(16(14)25)20(26)27/h1,4-5,11-12,20H,6-9H2,2H3,(H,31,34)/t11-,12-/m1/s1. The number of rotatable bonds is 6. The average Bonchev–Trinajstić information content (AvgIpc) is 3.36. The molecule has 36 heavy (non-hydrogen) atoms. The summed E-state index contributed by atoms with van der Waals surface area (Å²) in [5, 5.41) is 2.22. The number of hydrogen-bond donors (Lipinski definition) is 1. The van der Waals surface area contributed by atoms with E-state index >= 15 is 0 Å². The number of halogens is 5. The number of nitrogens with one attached hydrogen (secondary N) is 1. The zero-order valence-corrected chi connectivity index (χ0v) is 18.7. The zero-order valence-electron chi connectivity index (χ0n) is 18.7. The molecule has 12 heteroatoms. The van der Waals surface area contributed by atoms with Crippen LogP contribution in [-0.4, -0.2) is 38.7 Å². The Morgan fingerprint density at radius 3 is 2.61 bits per heavy atom. The third-order valence-corrected chi connectivity index (χ3v) is 6.89. The fourth-order valence-electron chi connectivity index (χ4n) is 5.17. The Hall–Kier alpha value is -3.75. The summed E-state index contributed by atoms with van der Waals surface area (Å²) in [7, 11) is 0. The van der Waals surface area contributed by atoms with Crippen molar-refractivity contribution in [3.8, 4) is 18.1 Å². The van der Waals surface area contributed by atoms with Gasteiger partial charge in [0.15, 0.2) is 11.6 Å². The van der Waals surface area contributed by atoms with Crippen molar-refractivity contribution < 1.29 is 41.1 Å². The first-order chi connectivity index (χ1) is 16.9. The van der Waals surface area contributed by atoms with E-state index < -0.39 is 65.6 Å². The number of ketones is 1. The summed E-state index contributed by atoms with van der Waals surface area (Å²) in [5.74, 6) is -6.44. The van der Waals surface area contributed by atoms with E-state index in [9.17, 15) is 36.3 Å². The fraction of sp³-hybridized carbons (Fsp3) is 0.417. The number of amides is 1. The van der Waals surface area contributed by atoms with Gasteiger partial charge >= 0.3 is 5.97 Å². The van der Waals surface area contributed by atoms with E-state index in [0.29, 0.717) is 18.5 Å². The Labute approximate surface area is 201 Å². The normalized spacial score (nSPS) is 22.2. The van der Waals surface area contributed by atoms with Crippen LogP contribution in [0, 0.1) is 31.0 Å². The van der Waals surface area contributed by atoms with Crippen molar-refractivity contribution in [3.05, 3.63) is 46.3 Å². The number of ether oxygens (including phenoxy) is 1. The summed E-state index contributed by atoms with van der Waals surface area (Å²) in [6, 6.07) is 0.766. The molecule has 0 bridgehead atoms. The summed E-state index contributed by atoms with van der Waals surface area (Å²) < 4.78 is 73.7. The highest BCUT2D eigenvalue weighted by Crippen LogP contribution is 2.54. The van der Waals surface area contributed by atoms with Crippen molar-refractivity contribution in [2.45, 2.75) is 56.5 Å². The molecule has 0 saturated heterocycles. The van der Waals surface area contributed by atoms with Crippen molar-refractivity contribution >= 4 is 17.7 Å². The Kier molecular flexibility index (Phi) is 5.24. The van der Waals surface area contributed by atoms with Crippen LogP contribution in [0.3, 0.4) is 0 Å². The lowest BCUT2D eigenvalue weighted by molar-refractivity contribution is -0.133. The van der Waals surface area contributed by atoms with Crippen molar-refractivity contribution in [1.82, 2.24) is 14.9 Å². The maximum Gasteiger partial charge on any atom is 0.360 e. The molecule has 0 aromatic carbocycles. The lowest BCUT2D eigenvalue weighted by atomic mass is 9.74. The molecule has 3 heterocycles. The van der Waals surface area contributed by atoms with Crippen molar-refractivity contribution in [1.29, 1.82) is 0 Å². The third-order valence-electron chi connectivity index (χ3n) is 6.89. The molecule has 5 rings (SSSR count). The van der Waals surface area contributed by atoms with Crippen molar-refractivity contribution in [2.75, 3.05) is 0 Å². The number of nitrogens with zero attached hydrogens (tertiary/aromatic N) is 2. The van der Waals surface area contributed by atoms with Gasteiger partial charge in [0.05, 0.1) is 5.56 Å². The number of carbonyl (C=O) groups is 3. The molecule has 7 nitrogen and oxygen atoms in total. The van der Waals surface area contributed by atoms with E-state index in [4.69, 9.17) is 11.2 Å². The maximum atomic E-state index is 14.4. The first kappa shape index (κ1) is 24.0. The Morgan fingerprint density at radius 1 is 1.31 bits per heavy atom. The second-order valence-electron chi connectivity index (χ2n) is 9.35. The van der Waals surface area contributed by atoms with E-state index in [2.05, 4.69) is 16.2 Å². The smallest absolute Gasteiger partial charge is 0.360 e. The molecule has 2 fully saturated rings. The molecular weight excluding hydrogens is 489 g/mol. The maximum absolute atomic E-state index is 14.4. The molecule has 2 aliphatic carbocycles. The lowest BCUT2D eigenvalue weighted by Gasteiger charge is -2.43. The number of esters is 1. The Balaban J connectivity index is 1.46. The van der Waals surface area contributed by atoms with Gasteiger partial charge in [0, 0.05) is 36.8 Å². The molecule has 0 spiro atoms. The van der Waals surface area contributed by atoms with Gasteiger partial charge in [-0.25, -0.2) is 26.7 Å². The van der Waals surface area contributed by atoms with Gasteiger partial charge in [0.1, 0.15) is 16.9 Å². The van der Waals surface area contributed by atoms with Crippen molar-refractivity contribution in [3.63, 3.8) is 0 Å². The quantitative estimate of drug-likeness (QED) is 0.212. The number of pyridine rings is 1. The minimum Gasteiger partial charge on any atom is -0.419 e. The van der Waals surface area contributed by atoms with Gasteiger partial charge in [-0.05, 0) is 31.2 Å².